The smallest absolute Gasteiger partial charge is 0.274 e. The summed E-state index contributed by atoms with van der Waals surface area (Å²) >= 11 is 0.816. The standard InChI is InChI=1S/C9H14N4O4S2/c1-6(14)10-7-11-12-8(18-7)19(15,16)13-5-17-4-9(13,2)3/h4-5H2,1-3H3,(H,10,11,14). The summed E-state index contributed by atoms with van der Waals surface area (Å²) in [5.74, 6) is -0.329. The van der Waals surface area contributed by atoms with E-state index in [1.807, 2.05) is 0 Å². The highest BCUT2D eigenvalue weighted by molar-refractivity contribution is 7.91. The molecule has 106 valence electrons. The molecular formula is C9H14N4O4S2. The van der Waals surface area contributed by atoms with Gasteiger partial charge in [0.25, 0.3) is 10.0 Å². The maximum absolute atomic E-state index is 12.4. The number of hydrogen-bond donors (Lipinski definition) is 1. The van der Waals surface area contributed by atoms with Crippen LogP contribution in [0, 0.1) is 0 Å². The fraction of sp³-hybridized carbons (Fsp3) is 0.667. The highest BCUT2D eigenvalue weighted by Crippen LogP contribution is 2.31. The van der Waals surface area contributed by atoms with Crippen molar-refractivity contribution in [1.29, 1.82) is 0 Å². The van der Waals surface area contributed by atoms with E-state index in [0.717, 1.165) is 11.3 Å². The molecule has 1 fully saturated rings. The average Bonchev–Trinajstić information content (AvgIpc) is 2.84. The van der Waals surface area contributed by atoms with E-state index in [9.17, 15) is 13.2 Å². The Kier molecular flexibility index (Phi) is 3.60. The lowest BCUT2D eigenvalue weighted by Crippen LogP contribution is -2.44. The molecule has 0 atom stereocenters. The van der Waals surface area contributed by atoms with Gasteiger partial charge < -0.3 is 10.1 Å². The molecule has 1 aromatic rings. The Morgan fingerprint density at radius 3 is 2.68 bits per heavy atom. The van der Waals surface area contributed by atoms with Gasteiger partial charge in [0, 0.05) is 6.92 Å². The molecule has 0 aliphatic carbocycles. The van der Waals surface area contributed by atoms with Crippen molar-refractivity contribution in [3.8, 4) is 0 Å². The lowest BCUT2D eigenvalue weighted by atomic mass is 10.1. The average molecular weight is 306 g/mol. The van der Waals surface area contributed by atoms with Crippen molar-refractivity contribution >= 4 is 32.4 Å². The topological polar surface area (TPSA) is 101 Å². The largest absolute Gasteiger partial charge is 0.363 e. The first kappa shape index (κ1) is 14.3. The Balaban J connectivity index is 2.30. The van der Waals surface area contributed by atoms with Crippen molar-refractivity contribution in [1.82, 2.24) is 14.5 Å². The molecule has 1 aromatic heterocycles. The van der Waals surface area contributed by atoms with Crippen LogP contribution in [0.1, 0.15) is 20.8 Å². The molecule has 1 aliphatic heterocycles. The van der Waals surface area contributed by atoms with Crippen LogP contribution in [0.3, 0.4) is 0 Å². The zero-order chi connectivity index (χ0) is 14.3. The second kappa shape index (κ2) is 4.78. The number of sulfonamides is 1. The SMILES string of the molecule is CC(=O)Nc1nnc(S(=O)(=O)N2COCC2(C)C)s1. The van der Waals surface area contributed by atoms with E-state index in [4.69, 9.17) is 4.74 Å². The first-order chi connectivity index (χ1) is 8.73. The molecule has 10 heteroatoms. The van der Waals surface area contributed by atoms with E-state index in [0.29, 0.717) is 6.61 Å². The third-order valence-electron chi connectivity index (χ3n) is 2.54. The van der Waals surface area contributed by atoms with Gasteiger partial charge in [0.1, 0.15) is 6.73 Å². The number of nitrogens with zero attached hydrogens (tertiary/aromatic N) is 3. The second-order valence-corrected chi connectivity index (χ2v) is 7.71. The van der Waals surface area contributed by atoms with Crippen LogP contribution < -0.4 is 5.32 Å². The Morgan fingerprint density at radius 2 is 2.16 bits per heavy atom. The van der Waals surface area contributed by atoms with Crippen molar-refractivity contribution in [2.75, 3.05) is 18.7 Å². The van der Waals surface area contributed by atoms with Crippen LogP contribution in [0.5, 0.6) is 0 Å². The number of rotatable bonds is 3. The van der Waals surface area contributed by atoms with Crippen LogP contribution in [0.25, 0.3) is 0 Å². The second-order valence-electron chi connectivity index (χ2n) is 4.70. The molecule has 1 N–H and O–H groups in total. The number of carbonyl (C=O) groups excluding carboxylic acids is 1. The van der Waals surface area contributed by atoms with Crippen molar-refractivity contribution in [3.63, 3.8) is 0 Å². The Bertz CT molecular complexity index is 595. The highest BCUT2D eigenvalue weighted by atomic mass is 32.2. The monoisotopic (exact) mass is 306 g/mol. The molecule has 2 heterocycles. The van der Waals surface area contributed by atoms with Gasteiger partial charge in [0.2, 0.25) is 15.4 Å². The molecule has 2 rings (SSSR count). The number of hydrogen-bond acceptors (Lipinski definition) is 7. The number of carbonyl (C=O) groups is 1. The summed E-state index contributed by atoms with van der Waals surface area (Å²) in [6, 6.07) is 0. The van der Waals surface area contributed by atoms with Crippen LogP contribution in [-0.4, -0.2) is 47.7 Å². The zero-order valence-electron chi connectivity index (χ0n) is 10.7. The number of nitrogens with one attached hydrogen (secondary N) is 1. The normalized spacial score (nSPS) is 19.5. The lowest BCUT2D eigenvalue weighted by molar-refractivity contribution is -0.114. The van der Waals surface area contributed by atoms with Crippen molar-refractivity contribution in [3.05, 3.63) is 0 Å². The van der Waals surface area contributed by atoms with Crippen molar-refractivity contribution in [2.24, 2.45) is 0 Å². The van der Waals surface area contributed by atoms with E-state index >= 15 is 0 Å². The van der Waals surface area contributed by atoms with Gasteiger partial charge in [-0.1, -0.05) is 11.3 Å². The van der Waals surface area contributed by atoms with Crippen LogP contribution in [0.2, 0.25) is 0 Å². The molecule has 1 amide bonds. The van der Waals surface area contributed by atoms with Crippen molar-refractivity contribution < 1.29 is 17.9 Å². The summed E-state index contributed by atoms with van der Waals surface area (Å²) in [5, 5.41) is 9.81. The summed E-state index contributed by atoms with van der Waals surface area (Å²) in [4.78, 5) is 10.9. The minimum absolute atomic E-state index is 0.00954. The van der Waals surface area contributed by atoms with Gasteiger partial charge in [-0.15, -0.1) is 10.2 Å². The molecule has 0 saturated carbocycles. The molecule has 8 nitrogen and oxygen atoms in total. The molecule has 1 saturated heterocycles. The summed E-state index contributed by atoms with van der Waals surface area (Å²) in [6.07, 6.45) is 0. The van der Waals surface area contributed by atoms with E-state index in [1.54, 1.807) is 13.8 Å². The van der Waals surface area contributed by atoms with Gasteiger partial charge in [-0.2, -0.15) is 4.31 Å². The minimum atomic E-state index is -3.76. The van der Waals surface area contributed by atoms with Crippen LogP contribution >= 0.6 is 11.3 Å². The van der Waals surface area contributed by atoms with E-state index in [1.165, 1.54) is 11.2 Å². The maximum Gasteiger partial charge on any atom is 0.274 e. The van der Waals surface area contributed by atoms with Crippen LogP contribution in [-0.2, 0) is 19.6 Å². The van der Waals surface area contributed by atoms with E-state index < -0.39 is 15.6 Å². The summed E-state index contributed by atoms with van der Waals surface area (Å²) in [5.41, 5.74) is -0.626. The third kappa shape index (κ3) is 2.76. The van der Waals surface area contributed by atoms with Gasteiger partial charge in [0.05, 0.1) is 12.1 Å². The molecule has 0 radical (unpaired) electrons. The third-order valence-corrected chi connectivity index (χ3v) is 5.76. The van der Waals surface area contributed by atoms with Gasteiger partial charge in [0.15, 0.2) is 0 Å². The molecule has 0 spiro atoms. The minimum Gasteiger partial charge on any atom is -0.363 e. The molecule has 0 unspecified atom stereocenters. The predicted molar refractivity (Wildman–Crippen MR) is 68.1 cm³/mol. The molecule has 0 aromatic carbocycles. The van der Waals surface area contributed by atoms with Crippen LogP contribution in [0.15, 0.2) is 4.34 Å². The Morgan fingerprint density at radius 1 is 1.47 bits per heavy atom. The fourth-order valence-corrected chi connectivity index (χ4v) is 4.33. The molecular weight excluding hydrogens is 292 g/mol. The maximum atomic E-state index is 12.4. The molecule has 0 bridgehead atoms. The van der Waals surface area contributed by atoms with Gasteiger partial charge in [-0.3, -0.25) is 4.79 Å². The predicted octanol–water partition coefficient (Wildman–Crippen LogP) is 0.254. The fourth-order valence-electron chi connectivity index (χ4n) is 1.63. The van der Waals surface area contributed by atoms with Crippen molar-refractivity contribution in [2.45, 2.75) is 30.6 Å². The lowest BCUT2D eigenvalue weighted by Gasteiger charge is -2.26. The van der Waals surface area contributed by atoms with Gasteiger partial charge in [-0.05, 0) is 13.8 Å². The first-order valence-corrected chi connectivity index (χ1v) is 7.71. The van der Waals surface area contributed by atoms with E-state index in [-0.39, 0.29) is 22.1 Å². The number of aromatic nitrogens is 2. The number of amides is 1. The Labute approximate surface area is 114 Å². The summed E-state index contributed by atoms with van der Waals surface area (Å²) < 4.78 is 31.0. The van der Waals surface area contributed by atoms with Gasteiger partial charge >= 0.3 is 0 Å². The zero-order valence-corrected chi connectivity index (χ0v) is 12.3. The molecule has 1 aliphatic rings. The van der Waals surface area contributed by atoms with Gasteiger partial charge in [-0.25, -0.2) is 8.42 Å². The summed E-state index contributed by atoms with van der Waals surface area (Å²) in [6.45, 7) is 5.17. The Hall–Kier alpha value is -1.10. The van der Waals surface area contributed by atoms with Crippen LogP contribution in [0.4, 0.5) is 5.13 Å². The molecule has 19 heavy (non-hydrogen) atoms. The highest BCUT2D eigenvalue weighted by Gasteiger charge is 2.43. The summed E-state index contributed by atoms with van der Waals surface area (Å²) in [7, 11) is -3.76. The first-order valence-electron chi connectivity index (χ1n) is 5.45. The quantitative estimate of drug-likeness (QED) is 0.803. The van der Waals surface area contributed by atoms with E-state index in [2.05, 4.69) is 15.5 Å². The number of anilines is 1. The number of ether oxygens (including phenoxy) is 1.